The van der Waals surface area contributed by atoms with E-state index in [1.807, 2.05) is 12.2 Å². The van der Waals surface area contributed by atoms with Gasteiger partial charge in [-0.2, -0.15) is 12.6 Å². The van der Waals surface area contributed by atoms with Crippen LogP contribution in [0.3, 0.4) is 0 Å². The number of aldehydes is 2. The summed E-state index contributed by atoms with van der Waals surface area (Å²) in [6, 6.07) is 5.06. The van der Waals surface area contributed by atoms with Crippen LogP contribution in [0.15, 0.2) is 24.3 Å². The van der Waals surface area contributed by atoms with E-state index < -0.39 is 0 Å². The van der Waals surface area contributed by atoms with Gasteiger partial charge in [0.05, 0.1) is 0 Å². The van der Waals surface area contributed by atoms with Crippen molar-refractivity contribution in [1.29, 1.82) is 0 Å². The van der Waals surface area contributed by atoms with E-state index in [-0.39, 0.29) is 0 Å². The lowest BCUT2D eigenvalue weighted by Crippen LogP contribution is -1.87. The molecule has 3 heteroatoms. The standard InChI is InChI=1S/C12H12O2S/c13-8-11-5-10(3-1-2-4-15)6-12(7-11)9-14/h1,3,5-9,15H,2,4H2. The number of carbonyl (C=O) groups excluding carboxylic acids is 2. The largest absolute Gasteiger partial charge is 0.298 e. The van der Waals surface area contributed by atoms with Crippen LogP contribution in [0.25, 0.3) is 6.08 Å². The number of benzene rings is 1. The number of rotatable bonds is 5. The molecule has 0 radical (unpaired) electrons. The zero-order valence-corrected chi connectivity index (χ0v) is 9.11. The highest BCUT2D eigenvalue weighted by Gasteiger charge is 1.97. The third-order valence-corrected chi connectivity index (χ3v) is 2.14. The minimum Gasteiger partial charge on any atom is -0.298 e. The van der Waals surface area contributed by atoms with E-state index in [2.05, 4.69) is 12.6 Å². The lowest BCUT2D eigenvalue weighted by Gasteiger charge is -1.98. The average Bonchev–Trinajstić information content (AvgIpc) is 2.29. The third-order valence-electron chi connectivity index (χ3n) is 1.88. The first-order valence-corrected chi connectivity index (χ1v) is 5.26. The van der Waals surface area contributed by atoms with Gasteiger partial charge in [-0.1, -0.05) is 12.2 Å². The average molecular weight is 220 g/mol. The quantitative estimate of drug-likeness (QED) is 0.611. The van der Waals surface area contributed by atoms with E-state index in [9.17, 15) is 9.59 Å². The molecule has 1 rings (SSSR count). The Balaban J connectivity index is 2.96. The Morgan fingerprint density at radius 3 is 2.00 bits per heavy atom. The van der Waals surface area contributed by atoms with Gasteiger partial charge in [-0.25, -0.2) is 0 Å². The van der Waals surface area contributed by atoms with E-state index in [0.29, 0.717) is 11.1 Å². The molecule has 2 nitrogen and oxygen atoms in total. The minimum atomic E-state index is 0.519. The first-order chi connectivity index (χ1) is 7.30. The fourth-order valence-corrected chi connectivity index (χ4v) is 1.38. The maximum Gasteiger partial charge on any atom is 0.150 e. The maximum absolute atomic E-state index is 10.6. The fraction of sp³-hybridized carbons (Fsp3) is 0.167. The molecule has 0 amide bonds. The van der Waals surface area contributed by atoms with E-state index in [1.54, 1.807) is 18.2 Å². The summed E-state index contributed by atoms with van der Waals surface area (Å²) in [5.41, 5.74) is 1.90. The van der Waals surface area contributed by atoms with E-state index in [0.717, 1.165) is 30.3 Å². The predicted octanol–water partition coefficient (Wildman–Crippen LogP) is 2.64. The van der Waals surface area contributed by atoms with E-state index in [4.69, 9.17) is 0 Å². The normalized spacial score (nSPS) is 10.5. The number of hydrogen-bond donors (Lipinski definition) is 1. The SMILES string of the molecule is O=Cc1cc(C=O)cc(C=CCCS)c1. The van der Waals surface area contributed by atoms with E-state index >= 15 is 0 Å². The van der Waals surface area contributed by atoms with Gasteiger partial charge in [0.25, 0.3) is 0 Å². The molecule has 0 aliphatic heterocycles. The minimum absolute atomic E-state index is 0.519. The third kappa shape index (κ3) is 3.72. The number of hydrogen-bond acceptors (Lipinski definition) is 3. The van der Waals surface area contributed by atoms with Gasteiger partial charge >= 0.3 is 0 Å². The van der Waals surface area contributed by atoms with Gasteiger partial charge in [0.15, 0.2) is 0 Å². The van der Waals surface area contributed by atoms with Gasteiger partial charge in [0, 0.05) is 11.1 Å². The summed E-state index contributed by atoms with van der Waals surface area (Å²) in [5.74, 6) is 0.782. The molecule has 0 aromatic heterocycles. The molecule has 0 saturated heterocycles. The lowest BCUT2D eigenvalue weighted by atomic mass is 10.1. The Bertz CT molecular complexity index is 357. The summed E-state index contributed by atoms with van der Waals surface area (Å²) >= 11 is 4.08. The second kappa shape index (κ2) is 6.19. The Morgan fingerprint density at radius 1 is 1.00 bits per heavy atom. The maximum atomic E-state index is 10.6. The van der Waals surface area contributed by atoms with Gasteiger partial charge in [0.1, 0.15) is 12.6 Å². The molecular weight excluding hydrogens is 208 g/mol. The Morgan fingerprint density at radius 2 is 1.53 bits per heavy atom. The first-order valence-electron chi connectivity index (χ1n) is 4.63. The molecule has 0 N–H and O–H groups in total. The molecule has 0 fully saturated rings. The molecule has 0 aliphatic carbocycles. The van der Waals surface area contributed by atoms with Gasteiger partial charge in [-0.3, -0.25) is 9.59 Å². The highest BCUT2D eigenvalue weighted by molar-refractivity contribution is 7.80. The summed E-state index contributed by atoms with van der Waals surface area (Å²) < 4.78 is 0. The van der Waals surface area contributed by atoms with Crippen LogP contribution in [0.2, 0.25) is 0 Å². The van der Waals surface area contributed by atoms with Crippen LogP contribution >= 0.6 is 12.6 Å². The highest BCUT2D eigenvalue weighted by atomic mass is 32.1. The molecule has 1 aromatic rings. The van der Waals surface area contributed by atoms with Gasteiger partial charge < -0.3 is 0 Å². The van der Waals surface area contributed by atoms with Crippen molar-refractivity contribution in [1.82, 2.24) is 0 Å². The molecule has 0 bridgehead atoms. The first kappa shape index (κ1) is 11.7. The molecule has 15 heavy (non-hydrogen) atoms. The van der Waals surface area contributed by atoms with Gasteiger partial charge in [0.2, 0.25) is 0 Å². The zero-order valence-electron chi connectivity index (χ0n) is 8.22. The Labute approximate surface area is 94.4 Å². The number of thiol groups is 1. The smallest absolute Gasteiger partial charge is 0.150 e. The summed E-state index contributed by atoms with van der Waals surface area (Å²) in [6.07, 6.45) is 6.19. The van der Waals surface area contributed by atoms with Crippen LogP contribution in [-0.2, 0) is 0 Å². The van der Waals surface area contributed by atoms with Gasteiger partial charge in [-0.05, 0) is 35.9 Å². The lowest BCUT2D eigenvalue weighted by molar-refractivity contribution is 0.112. The molecular formula is C12H12O2S. The molecule has 0 saturated carbocycles. The molecule has 1 aromatic carbocycles. The fourth-order valence-electron chi connectivity index (χ4n) is 1.23. The van der Waals surface area contributed by atoms with Crippen molar-refractivity contribution in [2.45, 2.75) is 6.42 Å². The second-order valence-electron chi connectivity index (χ2n) is 3.08. The zero-order chi connectivity index (χ0) is 11.1. The Kier molecular flexibility index (Phi) is 4.84. The summed E-state index contributed by atoms with van der Waals surface area (Å²) in [5, 5.41) is 0. The predicted molar refractivity (Wildman–Crippen MR) is 64.7 cm³/mol. The number of carbonyl (C=O) groups is 2. The van der Waals surface area contributed by atoms with Crippen molar-refractivity contribution in [3.8, 4) is 0 Å². The van der Waals surface area contributed by atoms with Crippen molar-refractivity contribution in [2.75, 3.05) is 5.75 Å². The van der Waals surface area contributed by atoms with Crippen LogP contribution in [0.4, 0.5) is 0 Å². The van der Waals surface area contributed by atoms with Crippen molar-refractivity contribution >= 4 is 31.3 Å². The van der Waals surface area contributed by atoms with Gasteiger partial charge in [-0.15, -0.1) is 0 Å². The topological polar surface area (TPSA) is 34.1 Å². The number of allylic oxidation sites excluding steroid dienone is 1. The molecule has 0 spiro atoms. The molecule has 0 aliphatic rings. The Hall–Kier alpha value is -1.35. The van der Waals surface area contributed by atoms with Crippen LogP contribution in [0.5, 0.6) is 0 Å². The molecule has 0 heterocycles. The highest BCUT2D eigenvalue weighted by Crippen LogP contribution is 2.09. The van der Waals surface area contributed by atoms with Crippen molar-refractivity contribution in [3.63, 3.8) is 0 Å². The monoisotopic (exact) mass is 220 g/mol. The van der Waals surface area contributed by atoms with Crippen LogP contribution < -0.4 is 0 Å². The van der Waals surface area contributed by atoms with Crippen LogP contribution in [0, 0.1) is 0 Å². The second-order valence-corrected chi connectivity index (χ2v) is 3.53. The van der Waals surface area contributed by atoms with Crippen LogP contribution in [-0.4, -0.2) is 18.3 Å². The van der Waals surface area contributed by atoms with Crippen molar-refractivity contribution in [3.05, 3.63) is 41.0 Å². The van der Waals surface area contributed by atoms with E-state index in [1.165, 1.54) is 0 Å². The summed E-state index contributed by atoms with van der Waals surface area (Å²) in [7, 11) is 0. The summed E-state index contributed by atoms with van der Waals surface area (Å²) in [4.78, 5) is 21.2. The summed E-state index contributed by atoms with van der Waals surface area (Å²) in [6.45, 7) is 0. The molecule has 0 unspecified atom stereocenters. The van der Waals surface area contributed by atoms with Crippen molar-refractivity contribution < 1.29 is 9.59 Å². The molecule has 78 valence electrons. The van der Waals surface area contributed by atoms with Crippen molar-refractivity contribution in [2.24, 2.45) is 0 Å². The molecule has 0 atom stereocenters. The van der Waals surface area contributed by atoms with Crippen LogP contribution in [0.1, 0.15) is 32.7 Å².